The average molecular weight is 328 g/mol. The molecule has 0 aliphatic carbocycles. The summed E-state index contributed by atoms with van der Waals surface area (Å²) in [5.41, 5.74) is 1.34. The number of hydrogen-bond acceptors (Lipinski definition) is 3. The van der Waals surface area contributed by atoms with Crippen molar-refractivity contribution in [2.45, 2.75) is 0 Å². The Morgan fingerprint density at radius 2 is 1.52 bits per heavy atom. The Hall–Kier alpha value is -1.07. The van der Waals surface area contributed by atoms with E-state index in [1.807, 2.05) is 0 Å². The molecule has 2 heterocycles. The summed E-state index contributed by atoms with van der Waals surface area (Å²) in [6.07, 6.45) is 0.752. The second kappa shape index (κ2) is 7.27. The highest BCUT2D eigenvalue weighted by molar-refractivity contribution is 6.42. The number of piperazine rings is 1. The minimum Gasteiger partial charge on any atom is -0.352 e. The normalized spacial score (nSPS) is 16.6. The summed E-state index contributed by atoms with van der Waals surface area (Å²) in [6, 6.07) is 5.15. The molecule has 1 fully saturated rings. The second-order valence-electron chi connectivity index (χ2n) is 5.30. The van der Waals surface area contributed by atoms with E-state index in [0.717, 1.165) is 17.2 Å². The number of hydrogen-bond donors (Lipinski definition) is 1. The Kier molecular flexibility index (Phi) is 5.65. The molecule has 0 radical (unpaired) electrons. The van der Waals surface area contributed by atoms with Crippen LogP contribution in [0.15, 0.2) is 18.2 Å². The molecule has 0 spiro atoms. The first kappa shape index (κ1) is 16.3. The van der Waals surface area contributed by atoms with Gasteiger partial charge in [-0.05, 0) is 32.3 Å². The van der Waals surface area contributed by atoms with Gasteiger partial charge < -0.3 is 14.8 Å². The molecule has 1 N–H and O–H groups in total. The minimum absolute atomic E-state index is 0.480. The quantitative estimate of drug-likeness (QED) is 0.818. The number of rotatable bonds is 1. The fourth-order valence-electron chi connectivity index (χ4n) is 2.12. The van der Waals surface area contributed by atoms with Crippen LogP contribution in [0.3, 0.4) is 0 Å². The molecule has 3 rings (SSSR count). The highest BCUT2D eigenvalue weighted by Crippen LogP contribution is 2.27. The van der Waals surface area contributed by atoms with E-state index in [9.17, 15) is 4.79 Å². The summed E-state index contributed by atoms with van der Waals surface area (Å²) in [4.78, 5) is 18.1. The summed E-state index contributed by atoms with van der Waals surface area (Å²) in [6.45, 7) is 4.93. The van der Waals surface area contributed by atoms with Crippen LogP contribution in [-0.2, 0) is 0 Å². The maximum absolute atomic E-state index is 10.4. The molecule has 4 nitrogen and oxygen atoms in total. The molecule has 21 heavy (non-hydrogen) atoms. The molecule has 0 atom stereocenters. The third kappa shape index (κ3) is 4.45. The van der Waals surface area contributed by atoms with E-state index in [1.165, 1.54) is 26.2 Å². The molecule has 0 unspecified atom stereocenters. The lowest BCUT2D eigenvalue weighted by atomic mass is 10.2. The van der Waals surface area contributed by atoms with Crippen molar-refractivity contribution in [1.82, 2.24) is 14.8 Å². The molecule has 1 aromatic carbocycles. The van der Waals surface area contributed by atoms with Crippen molar-refractivity contribution in [3.8, 4) is 0 Å². The van der Waals surface area contributed by atoms with E-state index in [4.69, 9.17) is 23.2 Å². The molecule has 0 bridgehead atoms. The van der Waals surface area contributed by atoms with Crippen LogP contribution in [0.5, 0.6) is 0 Å². The monoisotopic (exact) mass is 327 g/mol. The molecule has 0 saturated carbocycles. The predicted octanol–water partition coefficient (Wildman–Crippen LogP) is 3.15. The Bertz CT molecular complexity index is 570. The predicted molar refractivity (Wildman–Crippen MR) is 88.7 cm³/mol. The first-order valence-electron chi connectivity index (χ1n) is 6.79. The third-order valence-corrected chi connectivity index (χ3v) is 4.26. The summed E-state index contributed by atoms with van der Waals surface area (Å²) in [5.74, 6) is 0. The van der Waals surface area contributed by atoms with Crippen molar-refractivity contribution in [3.63, 3.8) is 0 Å². The van der Waals surface area contributed by atoms with Crippen LogP contribution in [0.2, 0.25) is 10.0 Å². The van der Waals surface area contributed by atoms with Crippen LogP contribution in [0.25, 0.3) is 10.9 Å². The van der Waals surface area contributed by atoms with Crippen molar-refractivity contribution in [3.05, 3.63) is 33.9 Å². The summed E-state index contributed by atoms with van der Waals surface area (Å²) in [7, 11) is 4.35. The molecular weight excluding hydrogens is 309 g/mol. The number of aromatic amines is 1. The van der Waals surface area contributed by atoms with Crippen molar-refractivity contribution < 1.29 is 4.79 Å². The lowest BCUT2D eigenvalue weighted by Crippen LogP contribution is -2.42. The summed E-state index contributed by atoms with van der Waals surface area (Å²) < 4.78 is 0. The zero-order valence-corrected chi connectivity index (χ0v) is 13.7. The standard InChI is InChI=1S/C9H5Cl2NO.C6H14N2/c10-7-2-5-1-6(4-13)12-9(5)3-8(7)11;1-7-3-5-8(2)6-4-7/h1-4,12H;3-6H2,1-2H3. The van der Waals surface area contributed by atoms with Crippen molar-refractivity contribution in [2.75, 3.05) is 40.3 Å². The molecule has 6 heteroatoms. The van der Waals surface area contributed by atoms with Gasteiger partial charge in [0, 0.05) is 37.1 Å². The fourth-order valence-corrected chi connectivity index (χ4v) is 2.45. The van der Waals surface area contributed by atoms with E-state index >= 15 is 0 Å². The van der Waals surface area contributed by atoms with Gasteiger partial charge in [0.15, 0.2) is 6.29 Å². The minimum atomic E-state index is 0.480. The number of benzene rings is 1. The fraction of sp³-hybridized carbons (Fsp3) is 0.400. The highest BCUT2D eigenvalue weighted by atomic mass is 35.5. The Labute approximate surface area is 134 Å². The second-order valence-corrected chi connectivity index (χ2v) is 6.12. The molecule has 1 aromatic heterocycles. The Morgan fingerprint density at radius 3 is 2.05 bits per heavy atom. The van der Waals surface area contributed by atoms with Gasteiger partial charge in [-0.15, -0.1) is 0 Å². The number of aldehydes is 1. The van der Waals surface area contributed by atoms with E-state index in [-0.39, 0.29) is 0 Å². The van der Waals surface area contributed by atoms with Crippen molar-refractivity contribution in [1.29, 1.82) is 0 Å². The van der Waals surface area contributed by atoms with Gasteiger partial charge in [0.2, 0.25) is 0 Å². The van der Waals surface area contributed by atoms with Gasteiger partial charge in [0.25, 0.3) is 0 Å². The topological polar surface area (TPSA) is 39.3 Å². The number of likely N-dealkylation sites (N-methyl/N-ethyl adjacent to an activating group) is 2. The number of nitrogens with one attached hydrogen (secondary N) is 1. The SMILES string of the molecule is CN1CCN(C)CC1.O=Cc1cc2cc(Cl)c(Cl)cc2[nH]1. The van der Waals surface area contributed by atoms with Crippen molar-refractivity contribution >= 4 is 40.4 Å². The van der Waals surface area contributed by atoms with Crippen LogP contribution in [0.1, 0.15) is 10.5 Å². The van der Waals surface area contributed by atoms with Crippen LogP contribution >= 0.6 is 23.2 Å². The first-order valence-corrected chi connectivity index (χ1v) is 7.55. The molecule has 0 amide bonds. The van der Waals surface area contributed by atoms with Gasteiger partial charge in [-0.1, -0.05) is 23.2 Å². The number of fused-ring (bicyclic) bond motifs is 1. The van der Waals surface area contributed by atoms with Crippen LogP contribution in [-0.4, -0.2) is 61.3 Å². The number of aromatic nitrogens is 1. The van der Waals surface area contributed by atoms with Gasteiger partial charge in [-0.25, -0.2) is 0 Å². The van der Waals surface area contributed by atoms with Gasteiger partial charge in [0.05, 0.1) is 15.7 Å². The first-order chi connectivity index (χ1) is 9.99. The average Bonchev–Trinajstić information content (AvgIpc) is 2.85. The maximum Gasteiger partial charge on any atom is 0.166 e. The lowest BCUT2D eigenvalue weighted by Gasteiger charge is -2.28. The maximum atomic E-state index is 10.4. The molecule has 114 valence electrons. The van der Waals surface area contributed by atoms with E-state index in [0.29, 0.717) is 15.7 Å². The van der Waals surface area contributed by atoms with Crippen LogP contribution in [0, 0.1) is 0 Å². The summed E-state index contributed by atoms with van der Waals surface area (Å²) in [5, 5.41) is 1.86. The Balaban J connectivity index is 0.000000173. The van der Waals surface area contributed by atoms with Gasteiger partial charge in [0.1, 0.15) is 0 Å². The van der Waals surface area contributed by atoms with E-state index < -0.39 is 0 Å². The highest BCUT2D eigenvalue weighted by Gasteiger charge is 2.07. The number of carbonyl (C=O) groups excluding carboxylic acids is 1. The lowest BCUT2D eigenvalue weighted by molar-refractivity contribution is 0.112. The Morgan fingerprint density at radius 1 is 1.00 bits per heavy atom. The van der Waals surface area contributed by atoms with Crippen LogP contribution < -0.4 is 0 Å². The van der Waals surface area contributed by atoms with Gasteiger partial charge in [-0.3, -0.25) is 4.79 Å². The van der Waals surface area contributed by atoms with Crippen LogP contribution in [0.4, 0.5) is 0 Å². The molecule has 1 saturated heterocycles. The number of carbonyl (C=O) groups is 1. The molecule has 2 aromatic rings. The molecule has 1 aliphatic rings. The van der Waals surface area contributed by atoms with Gasteiger partial charge in [-0.2, -0.15) is 0 Å². The van der Waals surface area contributed by atoms with Gasteiger partial charge >= 0.3 is 0 Å². The largest absolute Gasteiger partial charge is 0.352 e. The number of H-pyrrole nitrogens is 1. The van der Waals surface area contributed by atoms with Crippen molar-refractivity contribution in [2.24, 2.45) is 0 Å². The number of nitrogens with zero attached hydrogens (tertiary/aromatic N) is 2. The molecule has 1 aliphatic heterocycles. The molecular formula is C15H19Cl2N3O. The van der Waals surface area contributed by atoms with E-state index in [1.54, 1.807) is 18.2 Å². The smallest absolute Gasteiger partial charge is 0.166 e. The summed E-state index contributed by atoms with van der Waals surface area (Å²) >= 11 is 11.6. The zero-order valence-electron chi connectivity index (χ0n) is 12.2. The van der Waals surface area contributed by atoms with E-state index in [2.05, 4.69) is 28.9 Å². The zero-order chi connectivity index (χ0) is 15.4. The third-order valence-electron chi connectivity index (χ3n) is 3.54. The number of halogens is 2.